The maximum absolute atomic E-state index is 11.4. The molecule has 4 nitrogen and oxygen atoms in total. The zero-order chi connectivity index (χ0) is 12.1. The number of amides is 1. The summed E-state index contributed by atoms with van der Waals surface area (Å²) in [4.78, 5) is 22.3. The molecule has 0 aromatic carbocycles. The summed E-state index contributed by atoms with van der Waals surface area (Å²) in [7, 11) is 0. The Morgan fingerprint density at radius 2 is 2.06 bits per heavy atom. The molecule has 0 aromatic heterocycles. The Kier molecular flexibility index (Phi) is 4.52. The number of allylic oxidation sites excluding steroid dienone is 1. The molecule has 2 N–H and O–H groups in total. The average Bonchev–Trinajstić information content (AvgIpc) is 2.61. The van der Waals surface area contributed by atoms with E-state index in [1.165, 1.54) is 6.08 Å². The van der Waals surface area contributed by atoms with E-state index < -0.39 is 5.97 Å². The third-order valence-electron chi connectivity index (χ3n) is 2.93. The van der Waals surface area contributed by atoms with Gasteiger partial charge in [0.15, 0.2) is 0 Å². The van der Waals surface area contributed by atoms with E-state index in [4.69, 9.17) is 5.11 Å². The topological polar surface area (TPSA) is 66.4 Å². The minimum atomic E-state index is -0.737. The van der Waals surface area contributed by atoms with Crippen LogP contribution in [0.3, 0.4) is 0 Å². The number of aliphatic carboxylic acids is 1. The number of hydrogen-bond acceptors (Lipinski definition) is 2. The van der Waals surface area contributed by atoms with Gasteiger partial charge < -0.3 is 10.4 Å². The number of hydrogen-bond donors (Lipinski definition) is 2. The van der Waals surface area contributed by atoms with Crippen LogP contribution < -0.4 is 5.32 Å². The van der Waals surface area contributed by atoms with Crippen molar-refractivity contribution in [1.82, 2.24) is 5.32 Å². The van der Waals surface area contributed by atoms with E-state index in [0.29, 0.717) is 6.54 Å². The first-order chi connectivity index (χ1) is 7.50. The summed E-state index contributed by atoms with van der Waals surface area (Å²) in [5, 5.41) is 11.7. The maximum atomic E-state index is 11.4. The van der Waals surface area contributed by atoms with Crippen LogP contribution in [0.5, 0.6) is 0 Å². The summed E-state index contributed by atoms with van der Waals surface area (Å²) in [5.74, 6) is -1.06. The van der Waals surface area contributed by atoms with Gasteiger partial charge in [-0.3, -0.25) is 9.59 Å². The highest BCUT2D eigenvalue weighted by atomic mass is 16.4. The van der Waals surface area contributed by atoms with E-state index in [2.05, 4.69) is 5.32 Å². The quantitative estimate of drug-likeness (QED) is 0.714. The minimum absolute atomic E-state index is 0.0898. The van der Waals surface area contributed by atoms with E-state index >= 15 is 0 Å². The van der Waals surface area contributed by atoms with Crippen LogP contribution in [0, 0.1) is 11.8 Å². The van der Waals surface area contributed by atoms with Crippen molar-refractivity contribution in [2.45, 2.75) is 33.1 Å². The van der Waals surface area contributed by atoms with Gasteiger partial charge in [-0.1, -0.05) is 12.0 Å². The smallest absolute Gasteiger partial charge is 0.306 e. The molecule has 2 unspecified atom stereocenters. The van der Waals surface area contributed by atoms with Crippen LogP contribution >= 0.6 is 0 Å². The van der Waals surface area contributed by atoms with Gasteiger partial charge in [0.05, 0.1) is 5.92 Å². The zero-order valence-electron chi connectivity index (χ0n) is 9.82. The Balaban J connectivity index is 2.40. The lowest BCUT2D eigenvalue weighted by molar-refractivity contribution is -0.143. The molecule has 1 fully saturated rings. The van der Waals surface area contributed by atoms with E-state index in [-0.39, 0.29) is 17.7 Å². The van der Waals surface area contributed by atoms with Gasteiger partial charge in [-0.25, -0.2) is 0 Å². The molecule has 0 heterocycles. The third kappa shape index (κ3) is 3.68. The fourth-order valence-corrected chi connectivity index (χ4v) is 2.15. The Morgan fingerprint density at radius 1 is 1.38 bits per heavy atom. The van der Waals surface area contributed by atoms with E-state index in [0.717, 1.165) is 24.8 Å². The monoisotopic (exact) mass is 225 g/mol. The predicted octanol–water partition coefficient (Wildman–Crippen LogP) is 1.57. The van der Waals surface area contributed by atoms with E-state index in [9.17, 15) is 9.59 Å². The Hall–Kier alpha value is -1.32. The van der Waals surface area contributed by atoms with Crippen LogP contribution in [0.2, 0.25) is 0 Å². The van der Waals surface area contributed by atoms with Gasteiger partial charge in [0, 0.05) is 12.6 Å². The normalized spacial score (nSPS) is 23.9. The van der Waals surface area contributed by atoms with Crippen LogP contribution in [0.4, 0.5) is 0 Å². The highest BCUT2D eigenvalue weighted by Gasteiger charge is 2.32. The SMILES string of the molecule is CC(C)=CC(=O)NCC1CCCC1C(=O)O. The molecule has 0 aromatic rings. The first-order valence-electron chi connectivity index (χ1n) is 5.66. The number of carbonyl (C=O) groups is 2. The molecule has 2 atom stereocenters. The summed E-state index contributed by atoms with van der Waals surface area (Å²) in [6, 6.07) is 0. The second-order valence-corrected chi connectivity index (χ2v) is 4.60. The second kappa shape index (κ2) is 5.68. The van der Waals surface area contributed by atoms with Gasteiger partial charge in [-0.2, -0.15) is 0 Å². The number of carbonyl (C=O) groups excluding carboxylic acids is 1. The van der Waals surface area contributed by atoms with Crippen molar-refractivity contribution in [2.24, 2.45) is 11.8 Å². The van der Waals surface area contributed by atoms with Gasteiger partial charge in [-0.15, -0.1) is 0 Å². The van der Waals surface area contributed by atoms with Crippen LogP contribution in [-0.4, -0.2) is 23.5 Å². The lowest BCUT2D eigenvalue weighted by Crippen LogP contribution is -2.32. The molecule has 0 bridgehead atoms. The second-order valence-electron chi connectivity index (χ2n) is 4.60. The largest absolute Gasteiger partial charge is 0.481 e. The summed E-state index contributed by atoms with van der Waals surface area (Å²) < 4.78 is 0. The Bertz CT molecular complexity index is 305. The Labute approximate surface area is 95.7 Å². The number of carboxylic acid groups (broad SMARTS) is 1. The van der Waals surface area contributed by atoms with E-state index in [1.807, 2.05) is 13.8 Å². The number of rotatable bonds is 4. The fraction of sp³-hybridized carbons (Fsp3) is 0.667. The first-order valence-corrected chi connectivity index (χ1v) is 5.66. The van der Waals surface area contributed by atoms with Crippen molar-refractivity contribution < 1.29 is 14.7 Å². The lowest BCUT2D eigenvalue weighted by Gasteiger charge is -2.15. The van der Waals surface area contributed by atoms with Crippen LogP contribution in [0.1, 0.15) is 33.1 Å². The molecule has 1 aliphatic carbocycles. The molecule has 90 valence electrons. The molecule has 0 spiro atoms. The maximum Gasteiger partial charge on any atom is 0.306 e. The molecule has 1 amide bonds. The van der Waals surface area contributed by atoms with E-state index in [1.54, 1.807) is 0 Å². The van der Waals surface area contributed by atoms with Crippen LogP contribution in [0.15, 0.2) is 11.6 Å². The predicted molar refractivity (Wildman–Crippen MR) is 60.9 cm³/mol. The van der Waals surface area contributed by atoms with Gasteiger partial charge in [-0.05, 0) is 32.6 Å². The molecule has 0 radical (unpaired) electrons. The van der Waals surface area contributed by atoms with Gasteiger partial charge in [0.1, 0.15) is 0 Å². The molecule has 16 heavy (non-hydrogen) atoms. The third-order valence-corrected chi connectivity index (χ3v) is 2.93. The zero-order valence-corrected chi connectivity index (χ0v) is 9.82. The van der Waals surface area contributed by atoms with Crippen molar-refractivity contribution in [3.63, 3.8) is 0 Å². The van der Waals surface area contributed by atoms with Crippen molar-refractivity contribution in [1.29, 1.82) is 0 Å². The van der Waals surface area contributed by atoms with Crippen molar-refractivity contribution in [3.05, 3.63) is 11.6 Å². The molecule has 0 aliphatic heterocycles. The molecule has 4 heteroatoms. The summed E-state index contributed by atoms with van der Waals surface area (Å²) in [6.07, 6.45) is 4.11. The van der Waals surface area contributed by atoms with Crippen molar-refractivity contribution in [2.75, 3.05) is 6.54 Å². The van der Waals surface area contributed by atoms with Crippen LogP contribution in [-0.2, 0) is 9.59 Å². The summed E-state index contributed by atoms with van der Waals surface area (Å²) in [5.41, 5.74) is 0.943. The molecule has 1 saturated carbocycles. The standard InChI is InChI=1S/C12H19NO3/c1-8(2)6-11(14)13-7-9-4-3-5-10(9)12(15)16/h6,9-10H,3-5,7H2,1-2H3,(H,13,14)(H,15,16). The minimum Gasteiger partial charge on any atom is -0.481 e. The molecular formula is C12H19NO3. The highest BCUT2D eigenvalue weighted by molar-refractivity contribution is 5.88. The van der Waals surface area contributed by atoms with Gasteiger partial charge in [0.2, 0.25) is 5.91 Å². The molecule has 1 aliphatic rings. The molecule has 0 saturated heterocycles. The first kappa shape index (κ1) is 12.7. The highest BCUT2D eigenvalue weighted by Crippen LogP contribution is 2.31. The Morgan fingerprint density at radius 3 is 2.62 bits per heavy atom. The molecule has 1 rings (SSSR count). The number of carboxylic acids is 1. The molecular weight excluding hydrogens is 206 g/mol. The summed E-state index contributed by atoms with van der Waals surface area (Å²) >= 11 is 0. The van der Waals surface area contributed by atoms with Crippen molar-refractivity contribution >= 4 is 11.9 Å². The summed E-state index contributed by atoms with van der Waals surface area (Å²) in [6.45, 7) is 4.18. The lowest BCUT2D eigenvalue weighted by atomic mass is 9.96. The van der Waals surface area contributed by atoms with Crippen molar-refractivity contribution in [3.8, 4) is 0 Å². The van der Waals surface area contributed by atoms with Crippen LogP contribution in [0.25, 0.3) is 0 Å². The van der Waals surface area contributed by atoms with Gasteiger partial charge >= 0.3 is 5.97 Å². The fourth-order valence-electron chi connectivity index (χ4n) is 2.15. The number of nitrogens with one attached hydrogen (secondary N) is 1. The van der Waals surface area contributed by atoms with Gasteiger partial charge in [0.25, 0.3) is 0 Å². The average molecular weight is 225 g/mol.